The highest BCUT2D eigenvalue weighted by atomic mass is 79.9. The fourth-order valence-electron chi connectivity index (χ4n) is 1.08. The molecule has 0 bridgehead atoms. The molecule has 0 saturated carbocycles. The monoisotopic (exact) mass is 290 g/mol. The zero-order valence-electron chi connectivity index (χ0n) is 7.75. The van der Waals surface area contributed by atoms with Crippen LogP contribution in [0.25, 0.3) is 0 Å². The van der Waals surface area contributed by atoms with Gasteiger partial charge in [-0.3, -0.25) is 4.79 Å². The number of aromatic nitrogens is 1. The molecule has 0 amide bonds. The van der Waals surface area contributed by atoms with Crippen molar-refractivity contribution in [2.75, 3.05) is 0 Å². The number of hydrogen-bond acceptors (Lipinski definition) is 3. The first-order valence-electron chi connectivity index (χ1n) is 4.05. The van der Waals surface area contributed by atoms with Gasteiger partial charge in [0.15, 0.2) is 0 Å². The Kier molecular flexibility index (Phi) is 3.90. The molecule has 4 nitrogen and oxygen atoms in total. The van der Waals surface area contributed by atoms with E-state index in [2.05, 4.69) is 20.9 Å². The van der Waals surface area contributed by atoms with E-state index in [-0.39, 0.29) is 15.9 Å². The topological polar surface area (TPSA) is 74.0 Å². The molecule has 0 aliphatic rings. The number of hydrogen-bond donors (Lipinski definition) is 1. The normalized spacial score (nSPS) is 10.2. The van der Waals surface area contributed by atoms with Crippen molar-refractivity contribution in [2.24, 2.45) is 0 Å². The molecule has 84 valence electrons. The van der Waals surface area contributed by atoms with Crippen LogP contribution in [0.3, 0.4) is 0 Å². The molecule has 0 fully saturated rings. The van der Waals surface area contributed by atoms with Crippen molar-refractivity contribution in [1.82, 2.24) is 4.98 Å². The summed E-state index contributed by atoms with van der Waals surface area (Å²) in [6, 6.07) is 2.54. The van der Waals surface area contributed by atoms with Crippen molar-refractivity contribution in [3.63, 3.8) is 0 Å². The Morgan fingerprint density at radius 3 is 2.75 bits per heavy atom. The zero-order valence-corrected chi connectivity index (χ0v) is 9.33. The first-order chi connectivity index (χ1) is 7.45. The standard InChI is InChI=1S/C9H5BrF2N2O2/c10-8-5(9(11)12)1-4(3-13)14-6(8)2-7(15)16/h1,9H,2H2,(H,15,16). The minimum Gasteiger partial charge on any atom is -0.481 e. The zero-order chi connectivity index (χ0) is 12.3. The Hall–Kier alpha value is -1.55. The minimum absolute atomic E-state index is 0.0658. The number of aliphatic carboxylic acids is 1. The molecular weight excluding hydrogens is 286 g/mol. The van der Waals surface area contributed by atoms with E-state index in [1.54, 1.807) is 6.07 Å². The van der Waals surface area contributed by atoms with E-state index in [4.69, 9.17) is 10.4 Å². The summed E-state index contributed by atoms with van der Waals surface area (Å²) in [5, 5.41) is 17.1. The lowest BCUT2D eigenvalue weighted by Crippen LogP contribution is -2.06. The van der Waals surface area contributed by atoms with Gasteiger partial charge in [-0.15, -0.1) is 0 Å². The van der Waals surface area contributed by atoms with Crippen molar-refractivity contribution in [3.05, 3.63) is 27.5 Å². The van der Waals surface area contributed by atoms with Crippen LogP contribution in [0, 0.1) is 11.3 Å². The fourth-order valence-corrected chi connectivity index (χ4v) is 1.60. The number of carboxylic acids is 1. The number of carbonyl (C=O) groups is 1. The van der Waals surface area contributed by atoms with Gasteiger partial charge < -0.3 is 5.11 Å². The Balaban J connectivity index is 3.32. The van der Waals surface area contributed by atoms with Crippen LogP contribution in [0.5, 0.6) is 0 Å². The van der Waals surface area contributed by atoms with Crippen LogP contribution in [0.4, 0.5) is 8.78 Å². The number of nitriles is 1. The number of carboxylic acid groups (broad SMARTS) is 1. The summed E-state index contributed by atoms with van der Waals surface area (Å²) in [7, 11) is 0. The van der Waals surface area contributed by atoms with Gasteiger partial charge in [0.25, 0.3) is 6.43 Å². The van der Waals surface area contributed by atoms with Crippen molar-refractivity contribution >= 4 is 21.9 Å². The highest BCUT2D eigenvalue weighted by Crippen LogP contribution is 2.30. The average Bonchev–Trinajstić information content (AvgIpc) is 2.19. The summed E-state index contributed by atoms with van der Waals surface area (Å²) < 4.78 is 25.0. The van der Waals surface area contributed by atoms with E-state index < -0.39 is 24.4 Å². The van der Waals surface area contributed by atoms with Crippen molar-refractivity contribution in [2.45, 2.75) is 12.8 Å². The van der Waals surface area contributed by atoms with Gasteiger partial charge in [-0.25, -0.2) is 13.8 Å². The molecular formula is C9H5BrF2N2O2. The number of pyridine rings is 1. The van der Waals surface area contributed by atoms with E-state index in [0.29, 0.717) is 0 Å². The summed E-state index contributed by atoms with van der Waals surface area (Å²) in [5.41, 5.74) is -0.737. The van der Waals surface area contributed by atoms with Crippen LogP contribution in [-0.4, -0.2) is 16.1 Å². The average molecular weight is 291 g/mol. The Labute approximate surface area is 97.7 Å². The van der Waals surface area contributed by atoms with Gasteiger partial charge in [-0.1, -0.05) is 0 Å². The van der Waals surface area contributed by atoms with Gasteiger partial charge in [0.2, 0.25) is 0 Å². The highest BCUT2D eigenvalue weighted by Gasteiger charge is 2.18. The second-order valence-electron chi connectivity index (χ2n) is 2.84. The summed E-state index contributed by atoms with van der Waals surface area (Å²) in [6.45, 7) is 0. The summed E-state index contributed by atoms with van der Waals surface area (Å²) in [5.74, 6) is -1.21. The maximum Gasteiger partial charge on any atom is 0.309 e. The predicted molar refractivity (Wildman–Crippen MR) is 52.9 cm³/mol. The van der Waals surface area contributed by atoms with E-state index >= 15 is 0 Å². The van der Waals surface area contributed by atoms with E-state index in [1.807, 2.05) is 0 Å². The molecule has 0 unspecified atom stereocenters. The fraction of sp³-hybridized carbons (Fsp3) is 0.222. The van der Waals surface area contributed by atoms with Gasteiger partial charge >= 0.3 is 5.97 Å². The lowest BCUT2D eigenvalue weighted by molar-refractivity contribution is -0.136. The van der Waals surface area contributed by atoms with Gasteiger partial charge in [-0.05, 0) is 22.0 Å². The number of alkyl halides is 2. The second kappa shape index (κ2) is 4.99. The summed E-state index contributed by atoms with van der Waals surface area (Å²) >= 11 is 2.86. The van der Waals surface area contributed by atoms with Gasteiger partial charge in [-0.2, -0.15) is 5.26 Å². The maximum absolute atomic E-state index is 12.5. The maximum atomic E-state index is 12.5. The molecule has 1 rings (SSSR count). The smallest absolute Gasteiger partial charge is 0.309 e. The predicted octanol–water partition coefficient (Wildman–Crippen LogP) is 2.28. The third-order valence-corrected chi connectivity index (χ3v) is 2.64. The Morgan fingerprint density at radius 2 is 2.31 bits per heavy atom. The van der Waals surface area contributed by atoms with E-state index in [9.17, 15) is 13.6 Å². The van der Waals surface area contributed by atoms with Crippen LogP contribution in [0.2, 0.25) is 0 Å². The minimum atomic E-state index is -2.79. The summed E-state index contributed by atoms with van der Waals surface area (Å²) in [6.07, 6.45) is -3.31. The molecule has 0 atom stereocenters. The molecule has 0 spiro atoms. The number of nitrogens with zero attached hydrogens (tertiary/aromatic N) is 2. The van der Waals surface area contributed by atoms with Gasteiger partial charge in [0.1, 0.15) is 11.8 Å². The van der Waals surface area contributed by atoms with Crippen LogP contribution in [0.1, 0.15) is 23.4 Å². The van der Waals surface area contributed by atoms with Gasteiger partial charge in [0.05, 0.1) is 12.1 Å². The molecule has 16 heavy (non-hydrogen) atoms. The molecule has 0 saturated heterocycles. The van der Waals surface area contributed by atoms with Crippen molar-refractivity contribution in [1.29, 1.82) is 5.26 Å². The first kappa shape index (κ1) is 12.5. The molecule has 0 radical (unpaired) electrons. The molecule has 1 N–H and O–H groups in total. The molecule has 1 aromatic rings. The third kappa shape index (κ3) is 2.73. The van der Waals surface area contributed by atoms with Crippen molar-refractivity contribution in [3.8, 4) is 6.07 Å². The Bertz CT molecular complexity index is 471. The number of rotatable bonds is 3. The first-order valence-corrected chi connectivity index (χ1v) is 4.84. The van der Waals surface area contributed by atoms with E-state index in [1.165, 1.54) is 0 Å². The number of halogens is 3. The quantitative estimate of drug-likeness (QED) is 0.927. The molecule has 0 aliphatic heterocycles. The van der Waals surface area contributed by atoms with Crippen LogP contribution in [0.15, 0.2) is 10.5 Å². The summed E-state index contributed by atoms with van der Waals surface area (Å²) in [4.78, 5) is 14.1. The largest absolute Gasteiger partial charge is 0.481 e. The SMILES string of the molecule is N#Cc1cc(C(F)F)c(Br)c(CC(=O)O)n1. The molecule has 1 heterocycles. The Morgan fingerprint density at radius 1 is 1.69 bits per heavy atom. The molecule has 0 aromatic carbocycles. The molecule has 1 aromatic heterocycles. The van der Waals surface area contributed by atoms with E-state index in [0.717, 1.165) is 6.07 Å². The van der Waals surface area contributed by atoms with Crippen molar-refractivity contribution < 1.29 is 18.7 Å². The molecule has 0 aliphatic carbocycles. The lowest BCUT2D eigenvalue weighted by Gasteiger charge is -2.07. The van der Waals surface area contributed by atoms with Crippen LogP contribution in [-0.2, 0) is 11.2 Å². The second-order valence-corrected chi connectivity index (χ2v) is 3.63. The highest BCUT2D eigenvalue weighted by molar-refractivity contribution is 9.10. The molecule has 7 heteroatoms. The van der Waals surface area contributed by atoms with Gasteiger partial charge in [0, 0.05) is 10.0 Å². The van der Waals surface area contributed by atoms with Crippen LogP contribution < -0.4 is 0 Å². The lowest BCUT2D eigenvalue weighted by atomic mass is 10.1. The van der Waals surface area contributed by atoms with Crippen LogP contribution >= 0.6 is 15.9 Å². The third-order valence-electron chi connectivity index (χ3n) is 1.72.